The standard InChI is InChI=1S/C18H28O2/c1-5-7-8-15(6-2)13-20-18(19)17-11-9-16(10-12-17)14(3)4/h9-12,14-15H,5-8,13H2,1-4H3. The number of hydrogen-bond donors (Lipinski definition) is 0. The van der Waals surface area contributed by atoms with E-state index in [1.807, 2.05) is 24.3 Å². The van der Waals surface area contributed by atoms with Crippen LogP contribution in [0.1, 0.15) is 75.2 Å². The molecular formula is C18H28O2. The normalized spacial score (nSPS) is 12.4. The molecule has 2 heteroatoms. The number of benzene rings is 1. The lowest BCUT2D eigenvalue weighted by Crippen LogP contribution is -2.14. The van der Waals surface area contributed by atoms with Crippen molar-refractivity contribution < 1.29 is 9.53 Å². The van der Waals surface area contributed by atoms with E-state index in [-0.39, 0.29) is 5.97 Å². The average molecular weight is 276 g/mol. The van der Waals surface area contributed by atoms with Gasteiger partial charge in [-0.05, 0) is 36.0 Å². The number of carbonyl (C=O) groups excluding carboxylic acids is 1. The van der Waals surface area contributed by atoms with E-state index >= 15 is 0 Å². The topological polar surface area (TPSA) is 26.3 Å². The van der Waals surface area contributed by atoms with E-state index in [4.69, 9.17) is 4.74 Å². The predicted molar refractivity (Wildman–Crippen MR) is 84.1 cm³/mol. The van der Waals surface area contributed by atoms with Gasteiger partial charge in [0.25, 0.3) is 0 Å². The largest absolute Gasteiger partial charge is 0.462 e. The number of carbonyl (C=O) groups is 1. The zero-order chi connectivity index (χ0) is 15.0. The molecule has 1 atom stereocenters. The lowest BCUT2D eigenvalue weighted by molar-refractivity contribution is 0.0428. The molecule has 2 nitrogen and oxygen atoms in total. The van der Waals surface area contributed by atoms with Crippen LogP contribution >= 0.6 is 0 Å². The Kier molecular flexibility index (Phi) is 7.35. The first-order chi connectivity index (χ1) is 9.58. The van der Waals surface area contributed by atoms with Crippen molar-refractivity contribution in [1.29, 1.82) is 0 Å². The highest BCUT2D eigenvalue weighted by Gasteiger charge is 2.12. The molecule has 0 N–H and O–H groups in total. The van der Waals surface area contributed by atoms with Crippen molar-refractivity contribution in [3.63, 3.8) is 0 Å². The highest BCUT2D eigenvalue weighted by molar-refractivity contribution is 5.89. The van der Waals surface area contributed by atoms with Gasteiger partial charge in [0.2, 0.25) is 0 Å². The molecule has 1 aromatic rings. The summed E-state index contributed by atoms with van der Waals surface area (Å²) in [5.41, 5.74) is 1.90. The van der Waals surface area contributed by atoms with Gasteiger partial charge in [-0.1, -0.05) is 59.1 Å². The molecule has 0 bridgehead atoms. The molecule has 0 aliphatic heterocycles. The maximum Gasteiger partial charge on any atom is 0.338 e. The first-order valence-corrected chi connectivity index (χ1v) is 7.85. The van der Waals surface area contributed by atoms with Crippen molar-refractivity contribution in [3.8, 4) is 0 Å². The summed E-state index contributed by atoms with van der Waals surface area (Å²) in [7, 11) is 0. The highest BCUT2D eigenvalue weighted by Crippen LogP contribution is 2.17. The third-order valence-electron chi connectivity index (χ3n) is 3.81. The molecule has 0 saturated heterocycles. The van der Waals surface area contributed by atoms with Crippen LogP contribution < -0.4 is 0 Å². The van der Waals surface area contributed by atoms with Crippen LogP contribution in [0.4, 0.5) is 0 Å². The van der Waals surface area contributed by atoms with Crippen LogP contribution in [0.25, 0.3) is 0 Å². The van der Waals surface area contributed by atoms with Crippen molar-refractivity contribution >= 4 is 5.97 Å². The Morgan fingerprint density at radius 1 is 1.15 bits per heavy atom. The van der Waals surface area contributed by atoms with Gasteiger partial charge in [0.15, 0.2) is 0 Å². The molecule has 0 saturated carbocycles. The number of unbranched alkanes of at least 4 members (excludes halogenated alkanes) is 1. The smallest absolute Gasteiger partial charge is 0.338 e. The summed E-state index contributed by atoms with van der Waals surface area (Å²) < 4.78 is 5.44. The van der Waals surface area contributed by atoms with Crippen molar-refractivity contribution in [3.05, 3.63) is 35.4 Å². The van der Waals surface area contributed by atoms with Gasteiger partial charge < -0.3 is 4.74 Å². The van der Waals surface area contributed by atoms with Crippen LogP contribution in [0.15, 0.2) is 24.3 Å². The Morgan fingerprint density at radius 2 is 1.80 bits per heavy atom. The summed E-state index contributed by atoms with van der Waals surface area (Å²) in [5, 5.41) is 0. The van der Waals surface area contributed by atoms with E-state index in [1.165, 1.54) is 18.4 Å². The average Bonchev–Trinajstić information content (AvgIpc) is 2.47. The number of rotatable bonds is 8. The first kappa shape index (κ1) is 16.7. The Morgan fingerprint density at radius 3 is 2.30 bits per heavy atom. The molecule has 1 rings (SSSR count). The van der Waals surface area contributed by atoms with Gasteiger partial charge in [-0.15, -0.1) is 0 Å². The highest BCUT2D eigenvalue weighted by atomic mass is 16.5. The maximum absolute atomic E-state index is 12.0. The molecule has 0 aromatic heterocycles. The molecule has 112 valence electrons. The Bertz CT molecular complexity index is 392. The molecule has 0 amide bonds. The lowest BCUT2D eigenvalue weighted by atomic mass is 10.0. The molecule has 0 fully saturated rings. The minimum absolute atomic E-state index is 0.199. The van der Waals surface area contributed by atoms with Crippen LogP contribution in [-0.2, 0) is 4.74 Å². The minimum atomic E-state index is -0.199. The second kappa shape index (κ2) is 8.78. The second-order valence-electron chi connectivity index (χ2n) is 5.79. The summed E-state index contributed by atoms with van der Waals surface area (Å²) in [4.78, 5) is 12.0. The fraction of sp³-hybridized carbons (Fsp3) is 0.611. The maximum atomic E-state index is 12.0. The van der Waals surface area contributed by atoms with E-state index < -0.39 is 0 Å². The zero-order valence-electron chi connectivity index (χ0n) is 13.3. The zero-order valence-corrected chi connectivity index (χ0v) is 13.3. The van der Waals surface area contributed by atoms with Gasteiger partial charge in [0, 0.05) is 0 Å². The van der Waals surface area contributed by atoms with Crippen molar-refractivity contribution in [1.82, 2.24) is 0 Å². The Hall–Kier alpha value is -1.31. The Balaban J connectivity index is 2.49. The van der Waals surface area contributed by atoms with E-state index in [9.17, 15) is 4.79 Å². The summed E-state index contributed by atoms with van der Waals surface area (Å²) >= 11 is 0. The molecule has 1 unspecified atom stereocenters. The molecule has 1 aromatic carbocycles. The predicted octanol–water partition coefficient (Wildman–Crippen LogP) is 5.18. The second-order valence-corrected chi connectivity index (χ2v) is 5.79. The molecule has 0 aliphatic rings. The van der Waals surface area contributed by atoms with Crippen molar-refractivity contribution in [2.75, 3.05) is 6.61 Å². The van der Waals surface area contributed by atoms with E-state index in [2.05, 4.69) is 27.7 Å². The third-order valence-corrected chi connectivity index (χ3v) is 3.81. The van der Waals surface area contributed by atoms with Gasteiger partial charge in [-0.3, -0.25) is 0 Å². The van der Waals surface area contributed by atoms with E-state index in [0.717, 1.165) is 12.8 Å². The van der Waals surface area contributed by atoms with Crippen molar-refractivity contribution in [2.45, 2.75) is 59.3 Å². The fourth-order valence-electron chi connectivity index (χ4n) is 2.18. The number of esters is 1. The summed E-state index contributed by atoms with van der Waals surface area (Å²) in [6.45, 7) is 9.18. The molecule has 0 heterocycles. The number of ether oxygens (including phenoxy) is 1. The quantitative estimate of drug-likeness (QED) is 0.611. The third kappa shape index (κ3) is 5.36. The lowest BCUT2D eigenvalue weighted by Gasteiger charge is -2.14. The summed E-state index contributed by atoms with van der Waals surface area (Å²) in [6.07, 6.45) is 4.62. The first-order valence-electron chi connectivity index (χ1n) is 7.85. The summed E-state index contributed by atoms with van der Waals surface area (Å²) in [6, 6.07) is 7.75. The van der Waals surface area contributed by atoms with Crippen LogP contribution in [0, 0.1) is 5.92 Å². The molecule has 0 spiro atoms. The molecular weight excluding hydrogens is 248 g/mol. The summed E-state index contributed by atoms with van der Waals surface area (Å²) in [5.74, 6) is 0.780. The van der Waals surface area contributed by atoms with Gasteiger partial charge in [0.05, 0.1) is 12.2 Å². The molecule has 0 radical (unpaired) electrons. The van der Waals surface area contributed by atoms with E-state index in [1.54, 1.807) is 0 Å². The van der Waals surface area contributed by atoms with Gasteiger partial charge in [-0.25, -0.2) is 4.79 Å². The van der Waals surface area contributed by atoms with Crippen LogP contribution in [0.5, 0.6) is 0 Å². The van der Waals surface area contributed by atoms with E-state index in [0.29, 0.717) is 24.0 Å². The van der Waals surface area contributed by atoms with Gasteiger partial charge >= 0.3 is 5.97 Å². The molecule has 20 heavy (non-hydrogen) atoms. The van der Waals surface area contributed by atoms with Gasteiger partial charge in [0.1, 0.15) is 0 Å². The van der Waals surface area contributed by atoms with Crippen LogP contribution in [-0.4, -0.2) is 12.6 Å². The Labute approximate surface area is 123 Å². The van der Waals surface area contributed by atoms with Crippen molar-refractivity contribution in [2.24, 2.45) is 5.92 Å². The molecule has 0 aliphatic carbocycles. The monoisotopic (exact) mass is 276 g/mol. The minimum Gasteiger partial charge on any atom is -0.462 e. The number of hydrogen-bond acceptors (Lipinski definition) is 2. The van der Waals surface area contributed by atoms with Crippen LogP contribution in [0.2, 0.25) is 0 Å². The van der Waals surface area contributed by atoms with Gasteiger partial charge in [-0.2, -0.15) is 0 Å². The SMILES string of the molecule is CCCCC(CC)COC(=O)c1ccc(C(C)C)cc1. The fourth-order valence-corrected chi connectivity index (χ4v) is 2.18. The van der Waals surface area contributed by atoms with Crippen LogP contribution in [0.3, 0.4) is 0 Å².